The summed E-state index contributed by atoms with van der Waals surface area (Å²) in [6, 6.07) is 7.30. The Labute approximate surface area is 187 Å². The standard InChI is InChI=1S/C22H28ClN5O3/c1-4-15(2)12-27-13-18(28-14-19(25-26-28)22(30)31-3)11-20(27)21(29)24-9-8-16-6-5-7-17(23)10-16/h4-7,10,14,18,20H,8-9,11-13H2,1-3H3,(H,24,29)/b15-4+/t18-,20+/m1/s1. The molecule has 1 aliphatic heterocycles. The molecule has 1 aromatic carbocycles. The number of nitrogens with zero attached hydrogens (tertiary/aromatic N) is 4. The fraction of sp³-hybridized carbons (Fsp3) is 0.455. The van der Waals surface area contributed by atoms with E-state index in [0.717, 1.165) is 5.56 Å². The minimum Gasteiger partial charge on any atom is -0.464 e. The number of benzene rings is 1. The fourth-order valence-corrected chi connectivity index (χ4v) is 3.94. The van der Waals surface area contributed by atoms with Crippen molar-refractivity contribution in [3.8, 4) is 0 Å². The van der Waals surface area contributed by atoms with Crippen molar-refractivity contribution < 1.29 is 14.3 Å². The molecule has 2 atom stereocenters. The molecule has 2 heterocycles. The molecular formula is C22H28ClN5O3. The third-order valence-corrected chi connectivity index (χ3v) is 5.75. The Hall–Kier alpha value is -2.71. The number of esters is 1. The first kappa shape index (κ1) is 23.0. The molecule has 1 N–H and O–H groups in total. The smallest absolute Gasteiger partial charge is 0.360 e. The zero-order valence-electron chi connectivity index (χ0n) is 18.0. The summed E-state index contributed by atoms with van der Waals surface area (Å²) in [5.74, 6) is -0.539. The van der Waals surface area contributed by atoms with Crippen molar-refractivity contribution in [3.05, 3.63) is 58.4 Å². The van der Waals surface area contributed by atoms with Crippen LogP contribution in [0.1, 0.15) is 42.4 Å². The molecule has 1 fully saturated rings. The van der Waals surface area contributed by atoms with Gasteiger partial charge in [-0.25, -0.2) is 9.48 Å². The highest BCUT2D eigenvalue weighted by molar-refractivity contribution is 6.30. The van der Waals surface area contributed by atoms with Gasteiger partial charge in [-0.2, -0.15) is 0 Å². The average molecular weight is 446 g/mol. The monoisotopic (exact) mass is 445 g/mol. The number of allylic oxidation sites excluding steroid dienone is 1. The van der Waals surface area contributed by atoms with Crippen LogP contribution in [0, 0.1) is 0 Å². The molecule has 0 unspecified atom stereocenters. The number of halogens is 1. The minimum absolute atomic E-state index is 0.0123. The Morgan fingerprint density at radius 1 is 1.39 bits per heavy atom. The van der Waals surface area contributed by atoms with Gasteiger partial charge in [0.25, 0.3) is 0 Å². The van der Waals surface area contributed by atoms with E-state index in [1.807, 2.05) is 44.2 Å². The van der Waals surface area contributed by atoms with Crippen molar-refractivity contribution in [2.24, 2.45) is 0 Å². The summed E-state index contributed by atoms with van der Waals surface area (Å²) >= 11 is 6.03. The molecule has 0 spiro atoms. The lowest BCUT2D eigenvalue weighted by Crippen LogP contribution is -2.44. The Balaban J connectivity index is 1.66. The highest BCUT2D eigenvalue weighted by Gasteiger charge is 2.38. The van der Waals surface area contributed by atoms with Crippen molar-refractivity contribution in [1.82, 2.24) is 25.2 Å². The number of amides is 1. The third kappa shape index (κ3) is 5.92. The number of carbonyl (C=O) groups excluding carboxylic acids is 2. The molecule has 9 heteroatoms. The molecule has 0 bridgehead atoms. The van der Waals surface area contributed by atoms with E-state index in [4.69, 9.17) is 16.3 Å². The van der Waals surface area contributed by atoms with Crippen LogP contribution in [0.4, 0.5) is 0 Å². The number of ether oxygens (including phenoxy) is 1. The third-order valence-electron chi connectivity index (χ3n) is 5.51. The molecule has 1 amide bonds. The summed E-state index contributed by atoms with van der Waals surface area (Å²) in [6.45, 7) is 5.90. The van der Waals surface area contributed by atoms with E-state index in [1.165, 1.54) is 12.7 Å². The maximum atomic E-state index is 13.0. The summed E-state index contributed by atoms with van der Waals surface area (Å²) in [4.78, 5) is 26.8. The maximum Gasteiger partial charge on any atom is 0.360 e. The predicted molar refractivity (Wildman–Crippen MR) is 118 cm³/mol. The van der Waals surface area contributed by atoms with Gasteiger partial charge in [-0.3, -0.25) is 9.69 Å². The summed E-state index contributed by atoms with van der Waals surface area (Å²) < 4.78 is 6.36. The first-order chi connectivity index (χ1) is 14.9. The lowest BCUT2D eigenvalue weighted by Gasteiger charge is -2.23. The number of aromatic nitrogens is 3. The Kier molecular flexibility index (Phi) is 7.81. The van der Waals surface area contributed by atoms with Crippen molar-refractivity contribution in [3.63, 3.8) is 0 Å². The largest absolute Gasteiger partial charge is 0.464 e. The van der Waals surface area contributed by atoms with Crippen LogP contribution in [0.25, 0.3) is 0 Å². The van der Waals surface area contributed by atoms with Crippen LogP contribution in [0.5, 0.6) is 0 Å². The van der Waals surface area contributed by atoms with Gasteiger partial charge >= 0.3 is 5.97 Å². The predicted octanol–water partition coefficient (Wildman–Crippen LogP) is 2.66. The van der Waals surface area contributed by atoms with Crippen LogP contribution in [0.2, 0.25) is 5.02 Å². The van der Waals surface area contributed by atoms with Gasteiger partial charge in [0.2, 0.25) is 5.91 Å². The Morgan fingerprint density at radius 3 is 2.90 bits per heavy atom. The van der Waals surface area contributed by atoms with Crippen molar-refractivity contribution in [2.45, 2.75) is 38.8 Å². The lowest BCUT2D eigenvalue weighted by molar-refractivity contribution is -0.125. The van der Waals surface area contributed by atoms with Crippen LogP contribution in [-0.2, 0) is 16.0 Å². The minimum atomic E-state index is -0.527. The van der Waals surface area contributed by atoms with Gasteiger partial charge < -0.3 is 10.1 Å². The highest BCUT2D eigenvalue weighted by atomic mass is 35.5. The van der Waals surface area contributed by atoms with E-state index in [1.54, 1.807) is 10.9 Å². The van der Waals surface area contributed by atoms with Crippen molar-refractivity contribution >= 4 is 23.5 Å². The number of rotatable bonds is 8. The van der Waals surface area contributed by atoms with E-state index < -0.39 is 5.97 Å². The normalized spacial score (nSPS) is 19.4. The lowest BCUT2D eigenvalue weighted by atomic mass is 10.1. The van der Waals surface area contributed by atoms with Gasteiger partial charge in [0, 0.05) is 24.7 Å². The van der Waals surface area contributed by atoms with E-state index in [2.05, 4.69) is 20.5 Å². The fourth-order valence-electron chi connectivity index (χ4n) is 3.72. The van der Waals surface area contributed by atoms with Gasteiger partial charge in [0.05, 0.1) is 25.4 Å². The topological polar surface area (TPSA) is 89.3 Å². The van der Waals surface area contributed by atoms with E-state index in [0.29, 0.717) is 37.5 Å². The van der Waals surface area contributed by atoms with Crippen molar-refractivity contribution in [1.29, 1.82) is 0 Å². The van der Waals surface area contributed by atoms with Gasteiger partial charge in [-0.15, -0.1) is 5.10 Å². The number of carbonyl (C=O) groups is 2. The molecule has 31 heavy (non-hydrogen) atoms. The molecule has 0 aliphatic carbocycles. The Bertz CT molecular complexity index is 958. The highest BCUT2D eigenvalue weighted by Crippen LogP contribution is 2.28. The van der Waals surface area contributed by atoms with Gasteiger partial charge in [-0.1, -0.05) is 40.6 Å². The molecule has 1 saturated heterocycles. The second kappa shape index (κ2) is 10.5. The van der Waals surface area contributed by atoms with Crippen LogP contribution < -0.4 is 5.32 Å². The van der Waals surface area contributed by atoms with Gasteiger partial charge in [-0.05, 0) is 44.4 Å². The molecule has 0 radical (unpaired) electrons. The van der Waals surface area contributed by atoms with Crippen LogP contribution in [-0.4, -0.2) is 64.6 Å². The number of likely N-dealkylation sites (tertiary alicyclic amines) is 1. The molecular weight excluding hydrogens is 418 g/mol. The van der Waals surface area contributed by atoms with E-state index in [9.17, 15) is 9.59 Å². The zero-order chi connectivity index (χ0) is 22.4. The molecule has 0 saturated carbocycles. The van der Waals surface area contributed by atoms with Gasteiger partial charge in [0.15, 0.2) is 5.69 Å². The molecule has 166 valence electrons. The molecule has 1 aliphatic rings. The van der Waals surface area contributed by atoms with E-state index in [-0.39, 0.29) is 23.7 Å². The molecule has 1 aromatic heterocycles. The second-order valence-electron chi connectivity index (χ2n) is 7.72. The second-order valence-corrected chi connectivity index (χ2v) is 8.15. The summed E-state index contributed by atoms with van der Waals surface area (Å²) in [6.07, 6.45) is 4.93. The number of nitrogens with one attached hydrogen (secondary N) is 1. The van der Waals surface area contributed by atoms with Crippen LogP contribution in [0.15, 0.2) is 42.1 Å². The molecule has 3 rings (SSSR count). The average Bonchev–Trinajstić information content (AvgIpc) is 3.40. The van der Waals surface area contributed by atoms with Crippen molar-refractivity contribution in [2.75, 3.05) is 26.7 Å². The van der Waals surface area contributed by atoms with Gasteiger partial charge in [0.1, 0.15) is 0 Å². The first-order valence-electron chi connectivity index (χ1n) is 10.3. The summed E-state index contributed by atoms with van der Waals surface area (Å²) in [5.41, 5.74) is 2.43. The van der Waals surface area contributed by atoms with Crippen LogP contribution >= 0.6 is 11.6 Å². The first-order valence-corrected chi connectivity index (χ1v) is 10.7. The SMILES string of the molecule is C/C=C(\C)CN1C[C@H](n2cc(C(=O)OC)nn2)C[C@H]1C(=O)NCCc1cccc(Cl)c1. The number of methoxy groups -OCH3 is 1. The number of hydrogen-bond donors (Lipinski definition) is 1. The van der Waals surface area contributed by atoms with Crippen LogP contribution in [0.3, 0.4) is 0 Å². The molecule has 2 aromatic rings. The number of hydrogen-bond acceptors (Lipinski definition) is 6. The molecule has 8 nitrogen and oxygen atoms in total. The summed E-state index contributed by atoms with van der Waals surface area (Å²) in [5, 5.41) is 11.7. The van der Waals surface area contributed by atoms with E-state index >= 15 is 0 Å². The Morgan fingerprint density at radius 2 is 2.19 bits per heavy atom. The maximum absolute atomic E-state index is 13.0. The zero-order valence-corrected chi connectivity index (χ0v) is 18.8. The summed E-state index contributed by atoms with van der Waals surface area (Å²) in [7, 11) is 1.31. The quantitative estimate of drug-likeness (QED) is 0.496.